The average Bonchev–Trinajstić information content (AvgIpc) is 2.59. The first-order valence-electron chi connectivity index (χ1n) is 8.13. The summed E-state index contributed by atoms with van der Waals surface area (Å²) in [6, 6.07) is 11.6. The van der Waals surface area contributed by atoms with E-state index in [2.05, 4.69) is 15.6 Å². The lowest BCUT2D eigenvalue weighted by molar-refractivity contribution is -0.203. The van der Waals surface area contributed by atoms with Crippen LogP contribution in [-0.2, 0) is 4.74 Å². The molecule has 0 radical (unpaired) electrons. The van der Waals surface area contributed by atoms with E-state index < -0.39 is 0 Å². The van der Waals surface area contributed by atoms with Crippen molar-refractivity contribution in [3.8, 4) is 5.88 Å². The van der Waals surface area contributed by atoms with Crippen molar-refractivity contribution in [2.24, 2.45) is 0 Å². The Hall–Kier alpha value is -2.44. The summed E-state index contributed by atoms with van der Waals surface area (Å²) in [5.74, 6) is 0.320. The second-order valence-corrected chi connectivity index (χ2v) is 5.92. The smallest absolute Gasteiger partial charge is 0.257 e. The van der Waals surface area contributed by atoms with Gasteiger partial charge in [0.1, 0.15) is 6.10 Å². The molecular weight excluding hydrogens is 306 g/mol. The van der Waals surface area contributed by atoms with Gasteiger partial charge in [-0.25, -0.2) is 4.98 Å². The molecule has 2 aromatic rings. The molecule has 6 nitrogen and oxygen atoms in total. The van der Waals surface area contributed by atoms with Gasteiger partial charge in [0, 0.05) is 24.5 Å². The highest BCUT2D eigenvalue weighted by Gasteiger charge is 2.49. The van der Waals surface area contributed by atoms with Gasteiger partial charge in [0.25, 0.3) is 5.91 Å². The van der Waals surface area contributed by atoms with E-state index in [9.17, 15) is 4.79 Å². The van der Waals surface area contributed by atoms with E-state index in [0.29, 0.717) is 30.2 Å². The lowest BCUT2D eigenvalue weighted by Gasteiger charge is -2.53. The van der Waals surface area contributed by atoms with E-state index >= 15 is 0 Å². The Morgan fingerprint density at radius 2 is 2.17 bits per heavy atom. The van der Waals surface area contributed by atoms with E-state index in [1.165, 1.54) is 6.20 Å². The van der Waals surface area contributed by atoms with Crippen LogP contribution in [0.3, 0.4) is 0 Å². The molecule has 2 aliphatic heterocycles. The molecule has 24 heavy (non-hydrogen) atoms. The van der Waals surface area contributed by atoms with Crippen molar-refractivity contribution in [1.82, 2.24) is 10.3 Å². The fourth-order valence-electron chi connectivity index (χ4n) is 2.96. The van der Waals surface area contributed by atoms with E-state index in [1.807, 2.05) is 31.2 Å². The molecule has 1 amide bonds. The van der Waals surface area contributed by atoms with E-state index in [0.717, 1.165) is 17.8 Å². The Balaban J connectivity index is 1.38. The van der Waals surface area contributed by atoms with Crippen molar-refractivity contribution < 1.29 is 14.3 Å². The number of rotatable bonds is 5. The fraction of sp³-hybridized carbons (Fsp3) is 0.333. The summed E-state index contributed by atoms with van der Waals surface area (Å²) in [5, 5.41) is 6.23. The summed E-state index contributed by atoms with van der Waals surface area (Å²) in [4.78, 5) is 16.3. The van der Waals surface area contributed by atoms with Gasteiger partial charge in [-0.3, -0.25) is 4.79 Å². The molecule has 1 unspecified atom stereocenters. The van der Waals surface area contributed by atoms with Gasteiger partial charge in [-0.2, -0.15) is 0 Å². The number of carbonyl (C=O) groups excluding carboxylic acids is 1. The van der Waals surface area contributed by atoms with Crippen LogP contribution in [0.15, 0.2) is 42.6 Å². The van der Waals surface area contributed by atoms with Gasteiger partial charge >= 0.3 is 0 Å². The lowest BCUT2D eigenvalue weighted by atomic mass is 9.86. The van der Waals surface area contributed by atoms with Crippen LogP contribution in [0.5, 0.6) is 5.88 Å². The van der Waals surface area contributed by atoms with Crippen LogP contribution in [0.4, 0.5) is 5.69 Å². The summed E-state index contributed by atoms with van der Waals surface area (Å²) >= 11 is 0. The number of hydrogen-bond acceptors (Lipinski definition) is 5. The maximum atomic E-state index is 12.2. The summed E-state index contributed by atoms with van der Waals surface area (Å²) < 4.78 is 11.0. The lowest BCUT2D eigenvalue weighted by Crippen LogP contribution is -2.69. The quantitative estimate of drug-likeness (QED) is 0.881. The number of nitrogens with one attached hydrogen (secondary N) is 2. The molecule has 4 rings (SSSR count). The number of ether oxygens (including phenoxy) is 2. The number of nitrogens with zero attached hydrogens (tertiary/aromatic N) is 1. The molecule has 3 atom stereocenters. The van der Waals surface area contributed by atoms with Gasteiger partial charge in [-0.05, 0) is 30.7 Å². The fourth-order valence-corrected chi connectivity index (χ4v) is 2.96. The monoisotopic (exact) mass is 325 g/mol. The Bertz CT molecular complexity index is 730. The number of hydrogen-bond donors (Lipinski definition) is 2. The minimum Gasteiger partial charge on any atom is -0.478 e. The van der Waals surface area contributed by atoms with Crippen LogP contribution in [-0.4, -0.2) is 36.2 Å². The molecule has 124 valence electrons. The second-order valence-electron chi connectivity index (χ2n) is 5.92. The van der Waals surface area contributed by atoms with Crippen LogP contribution in [0.25, 0.3) is 0 Å². The highest BCUT2D eigenvalue weighted by atomic mass is 16.5. The summed E-state index contributed by atoms with van der Waals surface area (Å²) in [6.45, 7) is 3.39. The maximum absolute atomic E-state index is 12.2. The van der Waals surface area contributed by atoms with Crippen molar-refractivity contribution in [1.29, 1.82) is 0 Å². The van der Waals surface area contributed by atoms with Crippen LogP contribution in [0, 0.1) is 0 Å². The minimum absolute atomic E-state index is 0.129. The van der Waals surface area contributed by atoms with Crippen LogP contribution in [0.2, 0.25) is 0 Å². The van der Waals surface area contributed by atoms with Crippen molar-refractivity contribution in [3.63, 3.8) is 0 Å². The molecule has 2 saturated heterocycles. The molecule has 0 bridgehead atoms. The van der Waals surface area contributed by atoms with Crippen LogP contribution >= 0.6 is 0 Å². The summed E-state index contributed by atoms with van der Waals surface area (Å²) in [7, 11) is 0. The Morgan fingerprint density at radius 3 is 2.71 bits per heavy atom. The van der Waals surface area contributed by atoms with Gasteiger partial charge in [-0.1, -0.05) is 12.1 Å². The zero-order chi connectivity index (χ0) is 16.5. The Labute approximate surface area is 140 Å². The second kappa shape index (κ2) is 6.22. The highest BCUT2D eigenvalue weighted by molar-refractivity contribution is 6.04. The molecule has 0 saturated carbocycles. The summed E-state index contributed by atoms with van der Waals surface area (Å²) in [5.41, 5.74) is 2.37. The van der Waals surface area contributed by atoms with Crippen molar-refractivity contribution in [2.75, 3.05) is 18.5 Å². The molecule has 1 aromatic heterocycles. The third-order valence-corrected chi connectivity index (χ3v) is 4.39. The SMILES string of the molecule is CCOc1ccc(C(=O)Nc2ccc([C@@H]3OC4CN[C@H]43)cc2)cn1. The Kier molecular flexibility index (Phi) is 3.92. The van der Waals surface area contributed by atoms with Gasteiger partial charge in [0.15, 0.2) is 0 Å². The summed E-state index contributed by atoms with van der Waals surface area (Å²) in [6.07, 6.45) is 2.02. The largest absolute Gasteiger partial charge is 0.478 e. The first-order chi connectivity index (χ1) is 11.7. The number of amides is 1. The number of benzene rings is 1. The minimum atomic E-state index is -0.195. The van der Waals surface area contributed by atoms with Gasteiger partial charge < -0.3 is 20.1 Å². The molecule has 0 spiro atoms. The number of carbonyl (C=O) groups is 1. The third kappa shape index (κ3) is 2.74. The molecule has 0 aliphatic carbocycles. The predicted molar refractivity (Wildman–Crippen MR) is 89.2 cm³/mol. The zero-order valence-electron chi connectivity index (χ0n) is 13.4. The number of aromatic nitrogens is 1. The number of fused-ring (bicyclic) bond motifs is 1. The topological polar surface area (TPSA) is 72.5 Å². The van der Waals surface area contributed by atoms with E-state index in [4.69, 9.17) is 9.47 Å². The standard InChI is InChI=1S/C18H19N3O3/c1-2-23-15-8-5-12(9-19-15)18(22)21-13-6-3-11(4-7-13)17-16-14(24-17)10-20-16/h3-9,14,16-17,20H,2,10H2,1H3,(H,21,22)/t14?,16-,17+/m1/s1. The molecule has 3 heterocycles. The first-order valence-corrected chi connectivity index (χ1v) is 8.13. The van der Waals surface area contributed by atoms with Gasteiger partial charge in [0.05, 0.1) is 24.3 Å². The first kappa shape index (κ1) is 15.1. The van der Waals surface area contributed by atoms with Crippen LogP contribution in [0.1, 0.15) is 28.9 Å². The van der Waals surface area contributed by atoms with E-state index in [-0.39, 0.29) is 12.0 Å². The number of pyridine rings is 1. The number of anilines is 1. The van der Waals surface area contributed by atoms with Crippen molar-refractivity contribution in [3.05, 3.63) is 53.7 Å². The average molecular weight is 325 g/mol. The molecule has 2 fully saturated rings. The Morgan fingerprint density at radius 1 is 1.33 bits per heavy atom. The zero-order valence-corrected chi connectivity index (χ0v) is 13.4. The number of morpholine rings is 1. The predicted octanol–water partition coefficient (Wildman–Crippen LogP) is 2.14. The third-order valence-electron chi connectivity index (χ3n) is 4.39. The molecule has 2 aliphatic rings. The van der Waals surface area contributed by atoms with Crippen LogP contribution < -0.4 is 15.4 Å². The molecule has 2 N–H and O–H groups in total. The molecule has 1 aromatic carbocycles. The van der Waals surface area contributed by atoms with Crippen molar-refractivity contribution >= 4 is 11.6 Å². The molecular formula is C18H19N3O3. The van der Waals surface area contributed by atoms with E-state index in [1.54, 1.807) is 12.1 Å². The molecule has 6 heteroatoms. The highest BCUT2D eigenvalue weighted by Crippen LogP contribution is 2.39. The van der Waals surface area contributed by atoms with Gasteiger partial charge in [-0.15, -0.1) is 0 Å². The maximum Gasteiger partial charge on any atom is 0.257 e. The van der Waals surface area contributed by atoms with Gasteiger partial charge in [0.2, 0.25) is 5.88 Å². The van der Waals surface area contributed by atoms with Crippen molar-refractivity contribution in [2.45, 2.75) is 25.2 Å². The normalized spacial score (nSPS) is 24.3.